The molecule has 0 amide bonds. The molecule has 2 heterocycles. The molecule has 4 rings (SSSR count). The third-order valence-corrected chi connectivity index (χ3v) is 5.58. The number of nitrogens with zero attached hydrogens (tertiary/aromatic N) is 4. The van der Waals surface area contributed by atoms with E-state index < -0.39 is 0 Å². The summed E-state index contributed by atoms with van der Waals surface area (Å²) in [5.41, 5.74) is 9.52. The van der Waals surface area contributed by atoms with Crippen LogP contribution in [0.4, 0.5) is 0 Å². The number of unbranched alkanes of at least 4 members (excludes halogenated alkanes) is 1. The number of benzene rings is 2. The van der Waals surface area contributed by atoms with Gasteiger partial charge in [-0.15, -0.1) is 10.2 Å². The van der Waals surface area contributed by atoms with Crippen LogP contribution in [0.15, 0.2) is 59.8 Å². The van der Waals surface area contributed by atoms with E-state index in [2.05, 4.69) is 75.2 Å². The van der Waals surface area contributed by atoms with Gasteiger partial charge in [-0.3, -0.25) is 4.79 Å². The van der Waals surface area contributed by atoms with Gasteiger partial charge < -0.3 is 5.43 Å². The summed E-state index contributed by atoms with van der Waals surface area (Å²) in [6, 6.07) is 16.5. The molecule has 0 spiro atoms. The highest BCUT2D eigenvalue weighted by Gasteiger charge is 2.28. The van der Waals surface area contributed by atoms with E-state index in [0.717, 1.165) is 59.2 Å². The van der Waals surface area contributed by atoms with E-state index in [1.54, 1.807) is 0 Å². The fourth-order valence-corrected chi connectivity index (χ4v) is 3.86. The quantitative estimate of drug-likeness (QED) is 0.561. The second-order valence-corrected chi connectivity index (χ2v) is 7.54. The third-order valence-electron chi connectivity index (χ3n) is 5.58. The first kappa shape index (κ1) is 20.0. The van der Waals surface area contributed by atoms with E-state index in [-0.39, 0.29) is 6.04 Å². The molecule has 2 N–H and O–H groups in total. The monoisotopic (exact) mass is 402 g/mol. The lowest BCUT2D eigenvalue weighted by Gasteiger charge is -2.22. The number of tetrazole rings is 1. The first-order valence-corrected chi connectivity index (χ1v) is 10.3. The lowest BCUT2D eigenvalue weighted by molar-refractivity contribution is -0.105. The molecule has 0 aliphatic carbocycles. The van der Waals surface area contributed by atoms with Gasteiger partial charge >= 0.3 is 0 Å². The number of hydrazine groups is 1. The van der Waals surface area contributed by atoms with Gasteiger partial charge in [0.2, 0.25) is 5.82 Å². The number of carbonyl (C=O) groups excluding carboxylic acids is 1. The number of aldehydes is 1. The normalized spacial score (nSPS) is 16.7. The number of allylic oxidation sites excluding steroid dienone is 1. The van der Waals surface area contributed by atoms with Gasteiger partial charge in [0.1, 0.15) is 6.29 Å². The van der Waals surface area contributed by atoms with E-state index >= 15 is 0 Å². The van der Waals surface area contributed by atoms with Gasteiger partial charge in [0, 0.05) is 29.8 Å². The van der Waals surface area contributed by atoms with Crippen molar-refractivity contribution in [1.82, 2.24) is 31.1 Å². The Bertz CT molecular complexity index is 1030. The number of aromatic nitrogens is 4. The van der Waals surface area contributed by atoms with Crippen molar-refractivity contribution in [3.05, 3.63) is 65.4 Å². The molecule has 1 aliphatic rings. The minimum Gasteiger partial charge on any atom is -0.322 e. The smallest absolute Gasteiger partial charge is 0.205 e. The second kappa shape index (κ2) is 9.00. The number of H-pyrrole nitrogens is 1. The van der Waals surface area contributed by atoms with Crippen LogP contribution in [-0.4, -0.2) is 44.5 Å². The Morgan fingerprint density at radius 1 is 1.10 bits per heavy atom. The summed E-state index contributed by atoms with van der Waals surface area (Å²) < 4.78 is 0. The lowest BCUT2D eigenvalue weighted by Crippen LogP contribution is -2.38. The first-order chi connectivity index (χ1) is 14.7. The first-order valence-electron chi connectivity index (χ1n) is 10.3. The minimum absolute atomic E-state index is 0.102. The summed E-state index contributed by atoms with van der Waals surface area (Å²) in [5.74, 6) is 0.576. The van der Waals surface area contributed by atoms with Crippen LogP contribution in [0.1, 0.15) is 32.3 Å². The Kier molecular flexibility index (Phi) is 5.99. The fraction of sp³-hybridized carbons (Fsp3) is 0.304. The van der Waals surface area contributed by atoms with Gasteiger partial charge in [-0.25, -0.2) is 5.01 Å². The fourth-order valence-electron chi connectivity index (χ4n) is 3.86. The van der Waals surface area contributed by atoms with Gasteiger partial charge in [-0.05, 0) is 35.2 Å². The van der Waals surface area contributed by atoms with Crippen LogP contribution in [-0.2, 0) is 11.2 Å². The minimum atomic E-state index is 0.102. The van der Waals surface area contributed by atoms with Crippen molar-refractivity contribution in [2.24, 2.45) is 0 Å². The highest BCUT2D eigenvalue weighted by Crippen LogP contribution is 2.30. The molecule has 0 bridgehead atoms. The predicted octanol–water partition coefficient (Wildman–Crippen LogP) is 3.54. The Morgan fingerprint density at radius 2 is 1.87 bits per heavy atom. The van der Waals surface area contributed by atoms with Crippen LogP contribution in [0.3, 0.4) is 0 Å². The van der Waals surface area contributed by atoms with Crippen molar-refractivity contribution in [3.8, 4) is 22.5 Å². The van der Waals surface area contributed by atoms with Crippen LogP contribution < -0.4 is 5.43 Å². The number of nitrogens with one attached hydrogen (secondary N) is 2. The second-order valence-electron chi connectivity index (χ2n) is 7.54. The molecule has 1 aromatic heterocycles. The lowest BCUT2D eigenvalue weighted by atomic mass is 9.97. The summed E-state index contributed by atoms with van der Waals surface area (Å²) in [6.07, 6.45) is 3.93. The van der Waals surface area contributed by atoms with Gasteiger partial charge in [-0.2, -0.15) is 5.21 Å². The zero-order valence-corrected chi connectivity index (χ0v) is 17.3. The maximum Gasteiger partial charge on any atom is 0.205 e. The van der Waals surface area contributed by atoms with E-state index in [9.17, 15) is 4.79 Å². The van der Waals surface area contributed by atoms with Gasteiger partial charge in [-0.1, -0.05) is 61.9 Å². The molecule has 0 radical (unpaired) electrons. The number of aromatic amines is 1. The van der Waals surface area contributed by atoms with Crippen molar-refractivity contribution in [2.75, 3.05) is 6.54 Å². The average Bonchev–Trinajstić information content (AvgIpc) is 3.41. The van der Waals surface area contributed by atoms with Gasteiger partial charge in [0.15, 0.2) is 0 Å². The van der Waals surface area contributed by atoms with E-state index in [0.29, 0.717) is 12.2 Å². The topological polar surface area (TPSA) is 86.8 Å². The highest BCUT2D eigenvalue weighted by atomic mass is 16.1. The molecule has 7 heteroatoms. The molecular formula is C23H26N6O. The van der Waals surface area contributed by atoms with Crippen LogP contribution in [0.5, 0.6) is 0 Å². The molecule has 7 nitrogen and oxygen atoms in total. The molecular weight excluding hydrogens is 376 g/mol. The molecule has 1 unspecified atom stereocenters. The van der Waals surface area contributed by atoms with Crippen molar-refractivity contribution in [1.29, 1.82) is 0 Å². The Labute approximate surface area is 176 Å². The summed E-state index contributed by atoms with van der Waals surface area (Å²) in [4.78, 5) is 11.7. The molecule has 2 aromatic carbocycles. The van der Waals surface area contributed by atoms with Crippen molar-refractivity contribution in [3.63, 3.8) is 0 Å². The van der Waals surface area contributed by atoms with E-state index in [1.807, 2.05) is 18.2 Å². The zero-order chi connectivity index (χ0) is 20.9. The van der Waals surface area contributed by atoms with E-state index in [1.165, 1.54) is 0 Å². The van der Waals surface area contributed by atoms with Crippen LogP contribution in [0.2, 0.25) is 0 Å². The molecule has 0 saturated carbocycles. The summed E-state index contributed by atoms with van der Waals surface area (Å²) >= 11 is 0. The SMILES string of the molecule is CCCCN1NC(Cc2ccc(-c3ccccc3-c3nn[nH]n3)cc2)=C(C=O)C1C. The third kappa shape index (κ3) is 4.02. The summed E-state index contributed by atoms with van der Waals surface area (Å²) in [5, 5.41) is 16.6. The standard InChI is InChI=1S/C23H26N6O/c1-3-4-13-29-16(2)21(15-30)22(26-29)14-17-9-11-18(12-10-17)19-7-5-6-8-20(19)23-24-27-28-25-23/h5-12,15-16,26H,3-4,13-14H2,1-2H3,(H,24,25,27,28). The Hall–Kier alpha value is -3.32. The number of hydrogen-bond donors (Lipinski definition) is 2. The largest absolute Gasteiger partial charge is 0.322 e. The van der Waals surface area contributed by atoms with Gasteiger partial charge in [0.25, 0.3) is 0 Å². The maximum absolute atomic E-state index is 11.7. The average molecular weight is 403 g/mol. The van der Waals surface area contributed by atoms with Gasteiger partial charge in [0.05, 0.1) is 6.04 Å². The van der Waals surface area contributed by atoms with Crippen molar-refractivity contribution in [2.45, 2.75) is 39.2 Å². The molecule has 3 aromatic rings. The molecule has 1 atom stereocenters. The number of hydrogen-bond acceptors (Lipinski definition) is 6. The van der Waals surface area contributed by atoms with Crippen LogP contribution in [0, 0.1) is 0 Å². The molecule has 1 aliphatic heterocycles. The van der Waals surface area contributed by atoms with E-state index in [4.69, 9.17) is 0 Å². The van der Waals surface area contributed by atoms with Crippen molar-refractivity contribution < 1.29 is 4.79 Å². The summed E-state index contributed by atoms with van der Waals surface area (Å²) in [7, 11) is 0. The van der Waals surface area contributed by atoms with Crippen molar-refractivity contribution >= 4 is 6.29 Å². The predicted molar refractivity (Wildman–Crippen MR) is 116 cm³/mol. The molecule has 30 heavy (non-hydrogen) atoms. The Balaban J connectivity index is 1.54. The highest BCUT2D eigenvalue weighted by molar-refractivity contribution is 5.80. The summed E-state index contributed by atoms with van der Waals surface area (Å²) in [6.45, 7) is 5.19. The number of rotatable bonds is 8. The molecule has 0 fully saturated rings. The van der Waals surface area contributed by atoms with Crippen LogP contribution >= 0.6 is 0 Å². The molecule has 0 saturated heterocycles. The van der Waals surface area contributed by atoms with Crippen LogP contribution in [0.25, 0.3) is 22.5 Å². The zero-order valence-electron chi connectivity index (χ0n) is 17.3. The molecule has 154 valence electrons. The number of carbonyl (C=O) groups is 1. The Morgan fingerprint density at radius 3 is 2.53 bits per heavy atom. The maximum atomic E-state index is 11.7.